The van der Waals surface area contributed by atoms with Crippen LogP contribution in [0.5, 0.6) is 0 Å². The number of nitrogens with one attached hydrogen (secondary N) is 1. The van der Waals surface area contributed by atoms with E-state index in [1.165, 1.54) is 0 Å². The minimum Gasteiger partial charge on any atom is -0.469 e. The number of aliphatic hydroxyl groups excluding tert-OH is 1. The molecule has 0 aliphatic carbocycles. The highest BCUT2D eigenvalue weighted by Crippen LogP contribution is 2.16. The highest BCUT2D eigenvalue weighted by Gasteiger charge is 2.05. The van der Waals surface area contributed by atoms with Crippen LogP contribution >= 0.6 is 0 Å². The predicted octanol–water partition coefficient (Wildman–Crippen LogP) is 2.90. The zero-order chi connectivity index (χ0) is 13.7. The number of carbonyl (C=O) groups is 1. The third kappa shape index (κ3) is 3.96. The van der Waals surface area contributed by atoms with E-state index in [9.17, 15) is 9.90 Å². The molecule has 0 fully saturated rings. The van der Waals surface area contributed by atoms with Crippen molar-refractivity contribution in [1.82, 2.24) is 0 Å². The van der Waals surface area contributed by atoms with Gasteiger partial charge in [-0.2, -0.15) is 0 Å². The van der Waals surface area contributed by atoms with Crippen LogP contribution in [-0.4, -0.2) is 11.0 Å². The molecule has 2 aromatic rings. The second-order valence-corrected chi connectivity index (χ2v) is 4.43. The largest absolute Gasteiger partial charge is 0.469 e. The van der Waals surface area contributed by atoms with E-state index in [1.807, 2.05) is 12.1 Å². The Hall–Kier alpha value is -2.07. The van der Waals surface area contributed by atoms with Gasteiger partial charge in [0, 0.05) is 18.5 Å². The number of hydrogen-bond donors (Lipinski definition) is 2. The van der Waals surface area contributed by atoms with Crippen molar-refractivity contribution in [3.05, 3.63) is 54.0 Å². The molecule has 0 aliphatic rings. The number of amides is 1. The van der Waals surface area contributed by atoms with Gasteiger partial charge in [-0.1, -0.05) is 12.1 Å². The molecule has 1 amide bonds. The smallest absolute Gasteiger partial charge is 0.224 e. The molecule has 1 aromatic heterocycles. The Bertz CT molecular complexity index is 515. The monoisotopic (exact) mass is 259 g/mol. The third-order valence-electron chi connectivity index (χ3n) is 2.86. The van der Waals surface area contributed by atoms with E-state index in [2.05, 4.69) is 5.32 Å². The normalized spacial score (nSPS) is 12.1. The molecule has 0 aliphatic heterocycles. The Balaban J connectivity index is 1.84. The van der Waals surface area contributed by atoms with Crippen molar-refractivity contribution < 1.29 is 14.3 Å². The first-order valence-corrected chi connectivity index (χ1v) is 6.25. The fraction of sp³-hybridized carbons (Fsp3) is 0.267. The molecule has 100 valence electrons. The Labute approximate surface area is 112 Å². The first kappa shape index (κ1) is 13.4. The molecular weight excluding hydrogens is 242 g/mol. The van der Waals surface area contributed by atoms with Crippen molar-refractivity contribution in [2.75, 3.05) is 5.32 Å². The van der Waals surface area contributed by atoms with Crippen LogP contribution in [0.4, 0.5) is 5.69 Å². The maximum absolute atomic E-state index is 11.7. The summed E-state index contributed by atoms with van der Waals surface area (Å²) in [6.07, 6.45) is 2.07. The lowest BCUT2D eigenvalue weighted by Crippen LogP contribution is -2.12. The van der Waals surface area contributed by atoms with Crippen LogP contribution in [0, 0.1) is 0 Å². The molecule has 2 N–H and O–H groups in total. The molecular formula is C15H17NO3. The van der Waals surface area contributed by atoms with Gasteiger partial charge in [0.25, 0.3) is 0 Å². The lowest BCUT2D eigenvalue weighted by molar-refractivity contribution is -0.116. The summed E-state index contributed by atoms with van der Waals surface area (Å²) < 4.78 is 5.17. The number of hydrogen-bond acceptors (Lipinski definition) is 3. The second kappa shape index (κ2) is 6.20. The average molecular weight is 259 g/mol. The number of carbonyl (C=O) groups excluding carboxylic acids is 1. The highest BCUT2D eigenvalue weighted by molar-refractivity contribution is 5.90. The number of anilines is 1. The molecule has 0 saturated carbocycles. The van der Waals surface area contributed by atoms with Crippen molar-refractivity contribution >= 4 is 11.6 Å². The van der Waals surface area contributed by atoms with E-state index < -0.39 is 6.10 Å². The number of benzene rings is 1. The van der Waals surface area contributed by atoms with Crippen LogP contribution in [-0.2, 0) is 11.2 Å². The van der Waals surface area contributed by atoms with Crippen molar-refractivity contribution in [3.8, 4) is 0 Å². The van der Waals surface area contributed by atoms with Gasteiger partial charge in [-0.15, -0.1) is 0 Å². The molecule has 1 unspecified atom stereocenters. The highest BCUT2D eigenvalue weighted by atomic mass is 16.3. The molecule has 4 heteroatoms. The van der Waals surface area contributed by atoms with Crippen molar-refractivity contribution in [2.45, 2.75) is 25.9 Å². The second-order valence-electron chi connectivity index (χ2n) is 4.43. The van der Waals surface area contributed by atoms with Gasteiger partial charge in [-0.3, -0.25) is 4.79 Å². The van der Waals surface area contributed by atoms with Gasteiger partial charge in [0.15, 0.2) is 0 Å². The van der Waals surface area contributed by atoms with E-state index in [0.29, 0.717) is 12.8 Å². The Kier molecular flexibility index (Phi) is 4.36. The Morgan fingerprint density at radius 3 is 2.63 bits per heavy atom. The quantitative estimate of drug-likeness (QED) is 0.867. The molecule has 1 heterocycles. The average Bonchev–Trinajstić information content (AvgIpc) is 2.90. The number of aliphatic hydroxyl groups is 1. The van der Waals surface area contributed by atoms with Crippen LogP contribution in [0.3, 0.4) is 0 Å². The molecule has 19 heavy (non-hydrogen) atoms. The SMILES string of the molecule is CC(O)c1ccc(NC(=O)CCc2ccco2)cc1. The van der Waals surface area contributed by atoms with E-state index in [0.717, 1.165) is 17.0 Å². The molecule has 0 saturated heterocycles. The first-order valence-electron chi connectivity index (χ1n) is 6.25. The van der Waals surface area contributed by atoms with Crippen molar-refractivity contribution in [2.24, 2.45) is 0 Å². The summed E-state index contributed by atoms with van der Waals surface area (Å²) in [5, 5.41) is 12.2. The summed E-state index contributed by atoms with van der Waals surface area (Å²) >= 11 is 0. The summed E-state index contributed by atoms with van der Waals surface area (Å²) in [5.74, 6) is 0.751. The number of furan rings is 1. The van der Waals surface area contributed by atoms with Gasteiger partial charge < -0.3 is 14.8 Å². The predicted molar refractivity (Wildman–Crippen MR) is 72.7 cm³/mol. The van der Waals surface area contributed by atoms with E-state index in [-0.39, 0.29) is 5.91 Å². The minimum absolute atomic E-state index is 0.0544. The summed E-state index contributed by atoms with van der Waals surface area (Å²) in [7, 11) is 0. The lowest BCUT2D eigenvalue weighted by Gasteiger charge is -2.07. The molecule has 0 radical (unpaired) electrons. The zero-order valence-electron chi connectivity index (χ0n) is 10.8. The molecule has 0 bridgehead atoms. The van der Waals surface area contributed by atoms with E-state index in [1.54, 1.807) is 37.5 Å². The van der Waals surface area contributed by atoms with Gasteiger partial charge in [0.2, 0.25) is 5.91 Å². The van der Waals surface area contributed by atoms with Gasteiger partial charge >= 0.3 is 0 Å². The van der Waals surface area contributed by atoms with E-state index >= 15 is 0 Å². The maximum atomic E-state index is 11.7. The molecule has 1 aromatic carbocycles. The fourth-order valence-electron chi connectivity index (χ4n) is 1.76. The van der Waals surface area contributed by atoms with Gasteiger partial charge in [-0.05, 0) is 36.8 Å². The Morgan fingerprint density at radius 2 is 2.05 bits per heavy atom. The van der Waals surface area contributed by atoms with Crippen LogP contribution in [0.1, 0.15) is 30.8 Å². The number of aryl methyl sites for hydroxylation is 1. The summed E-state index contributed by atoms with van der Waals surface area (Å²) in [4.78, 5) is 11.7. The molecule has 1 atom stereocenters. The van der Waals surface area contributed by atoms with Crippen LogP contribution < -0.4 is 5.32 Å². The third-order valence-corrected chi connectivity index (χ3v) is 2.86. The molecule has 4 nitrogen and oxygen atoms in total. The van der Waals surface area contributed by atoms with Gasteiger partial charge in [-0.25, -0.2) is 0 Å². The van der Waals surface area contributed by atoms with Crippen LogP contribution in [0.15, 0.2) is 47.1 Å². The summed E-state index contributed by atoms with van der Waals surface area (Å²) in [6.45, 7) is 1.71. The zero-order valence-corrected chi connectivity index (χ0v) is 10.8. The standard InChI is InChI=1S/C15H17NO3/c1-11(17)12-4-6-13(7-5-12)16-15(18)9-8-14-3-2-10-19-14/h2-7,10-11,17H,8-9H2,1H3,(H,16,18). The lowest BCUT2D eigenvalue weighted by atomic mass is 10.1. The van der Waals surface area contributed by atoms with Crippen LogP contribution in [0.2, 0.25) is 0 Å². The fourth-order valence-corrected chi connectivity index (χ4v) is 1.76. The number of rotatable bonds is 5. The molecule has 2 rings (SSSR count). The van der Waals surface area contributed by atoms with E-state index in [4.69, 9.17) is 4.42 Å². The van der Waals surface area contributed by atoms with Gasteiger partial charge in [0.05, 0.1) is 12.4 Å². The summed E-state index contributed by atoms with van der Waals surface area (Å²) in [5.41, 5.74) is 1.56. The van der Waals surface area contributed by atoms with Crippen molar-refractivity contribution in [1.29, 1.82) is 0 Å². The van der Waals surface area contributed by atoms with Crippen molar-refractivity contribution in [3.63, 3.8) is 0 Å². The molecule has 0 spiro atoms. The first-order chi connectivity index (χ1) is 9.15. The minimum atomic E-state index is -0.497. The maximum Gasteiger partial charge on any atom is 0.224 e. The topological polar surface area (TPSA) is 62.5 Å². The van der Waals surface area contributed by atoms with Crippen LogP contribution in [0.25, 0.3) is 0 Å². The summed E-state index contributed by atoms with van der Waals surface area (Å²) in [6, 6.07) is 10.8. The Morgan fingerprint density at radius 1 is 1.32 bits per heavy atom. The van der Waals surface area contributed by atoms with Gasteiger partial charge in [0.1, 0.15) is 5.76 Å².